The van der Waals surface area contributed by atoms with Crippen molar-refractivity contribution in [2.75, 3.05) is 0 Å². The van der Waals surface area contributed by atoms with Crippen LogP contribution in [0.15, 0.2) is 181 Å². The molecule has 0 amide bonds. The third-order valence-electron chi connectivity index (χ3n) is 11.3. The number of ketones is 2. The van der Waals surface area contributed by atoms with Gasteiger partial charge in [-0.15, -0.1) is 0 Å². The molecule has 0 aliphatic heterocycles. The van der Waals surface area contributed by atoms with Crippen LogP contribution in [0.1, 0.15) is 56.3 Å². The zero-order valence-corrected chi connectivity index (χ0v) is 32.8. The van der Waals surface area contributed by atoms with Gasteiger partial charge in [0.1, 0.15) is 11.4 Å². The first-order chi connectivity index (χ1) is 29.6. The molecule has 0 unspecified atom stereocenters. The van der Waals surface area contributed by atoms with Gasteiger partial charge in [0.2, 0.25) is 11.6 Å². The van der Waals surface area contributed by atoms with Crippen molar-refractivity contribution in [3.63, 3.8) is 0 Å². The Morgan fingerprint density at radius 3 is 1.10 bits per heavy atom. The summed E-state index contributed by atoms with van der Waals surface area (Å²) in [4.78, 5) is 48.4. The zero-order valence-electron chi connectivity index (χ0n) is 32.8. The molecule has 0 spiro atoms. The highest BCUT2D eigenvalue weighted by atomic mass is 16.1. The Morgan fingerprint density at radius 1 is 0.350 bits per heavy atom. The summed E-state index contributed by atoms with van der Waals surface area (Å²) in [5.41, 5.74) is 14.6. The van der Waals surface area contributed by atoms with Crippen molar-refractivity contribution in [2.24, 2.45) is 0 Å². The van der Waals surface area contributed by atoms with Gasteiger partial charge in [0.05, 0.1) is 34.2 Å². The smallest absolute Gasteiger partial charge is 0.207 e. The molecule has 286 valence electrons. The van der Waals surface area contributed by atoms with E-state index in [4.69, 9.17) is 19.9 Å². The lowest BCUT2D eigenvalue weighted by Crippen LogP contribution is -2.18. The number of fused-ring (bicyclic) bond motifs is 2. The Labute approximate surface area is 348 Å². The molecule has 0 saturated carbocycles. The number of carbonyl (C=O) groups excluding carboxylic acids is 2. The van der Waals surface area contributed by atoms with Crippen molar-refractivity contribution in [2.45, 2.75) is 25.7 Å². The number of aromatic nitrogens is 4. The maximum Gasteiger partial charge on any atom is 0.207 e. The fraction of sp³-hybridized carbons (Fsp3) is 0.0741. The molecule has 8 aromatic rings. The molecule has 0 saturated heterocycles. The number of carbonyl (C=O) groups is 2. The van der Waals surface area contributed by atoms with E-state index in [1.807, 2.05) is 146 Å². The Kier molecular flexibility index (Phi) is 9.72. The van der Waals surface area contributed by atoms with Crippen LogP contribution >= 0.6 is 0 Å². The highest BCUT2D eigenvalue weighted by molar-refractivity contribution is 6.14. The average Bonchev–Trinajstić information content (AvgIpc) is 3.31. The molecule has 4 heterocycles. The lowest BCUT2D eigenvalue weighted by atomic mass is 9.84. The van der Waals surface area contributed by atoms with Gasteiger partial charge in [0, 0.05) is 22.3 Å². The number of hydrogen-bond donors (Lipinski definition) is 0. The third kappa shape index (κ3) is 7.20. The van der Waals surface area contributed by atoms with Crippen molar-refractivity contribution in [1.82, 2.24) is 19.9 Å². The molecule has 2 aliphatic carbocycles. The molecule has 0 atom stereocenters. The largest absolute Gasteiger partial charge is 0.287 e. The van der Waals surface area contributed by atoms with Crippen molar-refractivity contribution in [3.8, 4) is 56.2 Å². The van der Waals surface area contributed by atoms with Crippen molar-refractivity contribution < 1.29 is 9.59 Å². The fourth-order valence-corrected chi connectivity index (χ4v) is 8.32. The first kappa shape index (κ1) is 36.6. The second-order valence-corrected chi connectivity index (χ2v) is 15.1. The Hall–Kier alpha value is -7.70. The molecule has 4 aromatic heterocycles. The van der Waals surface area contributed by atoms with E-state index < -0.39 is 0 Å². The highest BCUT2D eigenvalue weighted by Gasteiger charge is 2.29. The lowest BCUT2D eigenvalue weighted by molar-refractivity contribution is 0.101. The van der Waals surface area contributed by atoms with Crippen molar-refractivity contribution >= 4 is 23.7 Å². The number of pyridine rings is 4. The van der Waals surface area contributed by atoms with Crippen LogP contribution in [0.3, 0.4) is 0 Å². The van der Waals surface area contributed by atoms with Crippen LogP contribution in [-0.2, 0) is 12.8 Å². The monoisotopic (exact) mass is 774 g/mol. The van der Waals surface area contributed by atoms with E-state index in [2.05, 4.69) is 36.4 Å². The summed E-state index contributed by atoms with van der Waals surface area (Å²) in [7, 11) is 0. The van der Waals surface area contributed by atoms with Crippen molar-refractivity contribution in [1.29, 1.82) is 0 Å². The van der Waals surface area contributed by atoms with Gasteiger partial charge in [-0.2, -0.15) is 0 Å². The predicted molar refractivity (Wildman–Crippen MR) is 239 cm³/mol. The van der Waals surface area contributed by atoms with E-state index in [-0.39, 0.29) is 11.6 Å². The van der Waals surface area contributed by atoms with Gasteiger partial charge >= 0.3 is 0 Å². The van der Waals surface area contributed by atoms with Gasteiger partial charge in [-0.25, -0.2) is 19.9 Å². The Bertz CT molecular complexity index is 2790. The minimum Gasteiger partial charge on any atom is -0.287 e. The minimum absolute atomic E-state index is 0.0786. The van der Waals surface area contributed by atoms with E-state index in [0.29, 0.717) is 71.0 Å². The summed E-state index contributed by atoms with van der Waals surface area (Å²) < 4.78 is 0. The second kappa shape index (κ2) is 15.9. The minimum atomic E-state index is -0.0786. The number of benzene rings is 4. The highest BCUT2D eigenvalue weighted by Crippen LogP contribution is 2.38. The molecular weight excluding hydrogens is 737 g/mol. The molecule has 0 fully saturated rings. The SMILES string of the molecule is O=C1C(=Cc2cccc(-c3cccc(C=C4CCc5c(-c6ccccc6)cc(-c6ccccc6)nc5C4=O)n3)n2)CCc2c(-c3ccccc3)cc(-c3ccccc3)nc21. The Balaban J connectivity index is 0.951. The summed E-state index contributed by atoms with van der Waals surface area (Å²) in [5, 5.41) is 0. The lowest BCUT2D eigenvalue weighted by Gasteiger charge is -2.22. The van der Waals surface area contributed by atoms with Gasteiger partial charge in [-0.3, -0.25) is 9.59 Å². The Morgan fingerprint density at radius 2 is 0.717 bits per heavy atom. The molecule has 60 heavy (non-hydrogen) atoms. The maximum absolute atomic E-state index is 14.3. The predicted octanol–water partition coefficient (Wildman–Crippen LogP) is 12.0. The number of nitrogens with zero attached hydrogens (tertiary/aromatic N) is 4. The number of rotatable bonds is 7. The van der Waals surface area contributed by atoms with Crippen LogP contribution in [0.25, 0.3) is 68.3 Å². The number of Topliss-reactive ketones (excluding diaryl/α,β-unsaturated/α-hetero) is 2. The first-order valence-electron chi connectivity index (χ1n) is 20.3. The maximum atomic E-state index is 14.3. The molecule has 6 nitrogen and oxygen atoms in total. The van der Waals surface area contributed by atoms with Crippen LogP contribution < -0.4 is 0 Å². The molecule has 4 aromatic carbocycles. The van der Waals surface area contributed by atoms with Gasteiger partial charge in [-0.1, -0.05) is 133 Å². The zero-order chi connectivity index (χ0) is 40.4. The summed E-state index contributed by atoms with van der Waals surface area (Å²) in [6, 6.07) is 56.2. The normalized spacial score (nSPS) is 14.9. The first-order valence-corrected chi connectivity index (χ1v) is 20.3. The molecular formula is C54H38N4O2. The fourth-order valence-electron chi connectivity index (χ4n) is 8.32. The van der Waals surface area contributed by atoms with E-state index in [1.54, 1.807) is 0 Å². The molecule has 10 rings (SSSR count). The average molecular weight is 775 g/mol. The topological polar surface area (TPSA) is 85.7 Å². The van der Waals surface area contributed by atoms with Crippen LogP contribution in [0, 0.1) is 0 Å². The third-order valence-corrected chi connectivity index (χ3v) is 11.3. The number of allylic oxidation sites excluding steroid dienone is 2. The molecule has 2 aliphatic rings. The summed E-state index contributed by atoms with van der Waals surface area (Å²) in [6.07, 6.45) is 6.32. The van der Waals surface area contributed by atoms with Crippen LogP contribution in [-0.4, -0.2) is 31.5 Å². The summed E-state index contributed by atoms with van der Waals surface area (Å²) in [6.45, 7) is 0. The van der Waals surface area contributed by atoms with Crippen LogP contribution in [0.5, 0.6) is 0 Å². The van der Waals surface area contributed by atoms with Gasteiger partial charge in [0.15, 0.2) is 0 Å². The van der Waals surface area contributed by atoms with E-state index in [0.717, 1.165) is 55.9 Å². The van der Waals surface area contributed by atoms with E-state index >= 15 is 0 Å². The second-order valence-electron chi connectivity index (χ2n) is 15.1. The summed E-state index contributed by atoms with van der Waals surface area (Å²) in [5.74, 6) is -0.157. The van der Waals surface area contributed by atoms with E-state index in [9.17, 15) is 9.59 Å². The van der Waals surface area contributed by atoms with Crippen molar-refractivity contribution in [3.05, 3.63) is 215 Å². The molecule has 0 N–H and O–H groups in total. The van der Waals surface area contributed by atoms with Crippen LogP contribution in [0.2, 0.25) is 0 Å². The molecule has 6 heteroatoms. The van der Waals surface area contributed by atoms with Gasteiger partial charge in [0.25, 0.3) is 0 Å². The molecule has 0 bridgehead atoms. The number of hydrogen-bond acceptors (Lipinski definition) is 6. The van der Waals surface area contributed by atoms with Gasteiger partial charge < -0.3 is 0 Å². The van der Waals surface area contributed by atoms with E-state index in [1.165, 1.54) is 0 Å². The molecule has 0 radical (unpaired) electrons. The quantitative estimate of drug-likeness (QED) is 0.150. The summed E-state index contributed by atoms with van der Waals surface area (Å²) >= 11 is 0. The van der Waals surface area contributed by atoms with Crippen LogP contribution in [0.4, 0.5) is 0 Å². The van der Waals surface area contributed by atoms with Gasteiger partial charge in [-0.05, 0) is 108 Å². The standard InChI is InChI=1S/C54H38N4O2/c59-53-39(27-29-43-45(35-15-5-1-6-16-35)33-49(57-51(43)53)37-19-9-3-10-20-37)31-41-23-13-25-47(55-41)48-26-14-24-42(56-48)32-40-28-30-44-46(36-17-7-2-8-18-36)34-50(58-52(44)54(40)60)38-21-11-4-12-22-38/h1-26,31-34H,27-30H2.